The number of benzene rings is 2. The molecule has 0 radical (unpaired) electrons. The fourth-order valence-electron chi connectivity index (χ4n) is 4.89. The highest BCUT2D eigenvalue weighted by Gasteiger charge is 2.41. The molecule has 2 heterocycles. The van der Waals surface area contributed by atoms with E-state index in [1.807, 2.05) is 6.07 Å². The molecule has 6 heteroatoms. The van der Waals surface area contributed by atoms with Gasteiger partial charge in [0.05, 0.1) is 0 Å². The summed E-state index contributed by atoms with van der Waals surface area (Å²) in [6.07, 6.45) is 4.40. The second-order valence-electron chi connectivity index (χ2n) is 8.81. The molecule has 0 saturated carbocycles. The van der Waals surface area contributed by atoms with E-state index >= 15 is 0 Å². The zero-order valence-corrected chi connectivity index (χ0v) is 18.6. The number of hydrogen-bond donors (Lipinski definition) is 1. The molecule has 2 aliphatic heterocycles. The van der Waals surface area contributed by atoms with E-state index in [1.54, 1.807) is 12.1 Å². The normalized spacial score (nSPS) is 20.5. The summed E-state index contributed by atoms with van der Waals surface area (Å²) in [6, 6.07) is 17.0. The van der Waals surface area contributed by atoms with Crippen molar-refractivity contribution in [3.05, 3.63) is 66.0 Å². The molecule has 2 saturated heterocycles. The third-order valence-electron chi connectivity index (χ3n) is 6.78. The highest BCUT2D eigenvalue weighted by Crippen LogP contribution is 2.38. The molecule has 1 unspecified atom stereocenters. The summed E-state index contributed by atoms with van der Waals surface area (Å²) in [6.45, 7) is 4.34. The molecule has 2 aliphatic rings. The SMILES string of the molecule is O=C1CCC(CCNCCOc2ccc(F)cc2)N1CC1(c2ccccc2)CCOCC1. The van der Waals surface area contributed by atoms with E-state index in [4.69, 9.17) is 9.47 Å². The second kappa shape index (κ2) is 10.9. The van der Waals surface area contributed by atoms with Crippen LogP contribution in [0, 0.1) is 5.82 Å². The fourth-order valence-corrected chi connectivity index (χ4v) is 4.89. The standard InChI is InChI=1S/C26H33FN2O3/c27-22-6-9-24(10-7-22)32-19-16-28-15-12-23-8-11-25(30)29(23)20-26(13-17-31-18-14-26)21-4-2-1-3-5-21/h1-7,9-10,23,28H,8,11-20H2. The van der Waals surface area contributed by atoms with E-state index in [2.05, 4.69) is 34.5 Å². The molecule has 1 N–H and O–H groups in total. The van der Waals surface area contributed by atoms with Gasteiger partial charge in [-0.05, 0) is 62.1 Å². The Balaban J connectivity index is 1.27. The van der Waals surface area contributed by atoms with Crippen LogP contribution in [0.2, 0.25) is 0 Å². The fraction of sp³-hybridized carbons (Fsp3) is 0.500. The molecule has 0 spiro atoms. The van der Waals surface area contributed by atoms with Crippen molar-refractivity contribution in [2.45, 2.75) is 43.6 Å². The smallest absolute Gasteiger partial charge is 0.222 e. The summed E-state index contributed by atoms with van der Waals surface area (Å²) in [5, 5.41) is 3.42. The predicted molar refractivity (Wildman–Crippen MR) is 122 cm³/mol. The summed E-state index contributed by atoms with van der Waals surface area (Å²) in [5.74, 6) is 0.681. The molecule has 2 fully saturated rings. The average molecular weight is 441 g/mol. The minimum atomic E-state index is -0.263. The highest BCUT2D eigenvalue weighted by atomic mass is 19.1. The molecule has 2 aromatic rings. The first kappa shape index (κ1) is 22.7. The number of amides is 1. The van der Waals surface area contributed by atoms with Crippen LogP contribution in [0.25, 0.3) is 0 Å². The Morgan fingerprint density at radius 2 is 1.81 bits per heavy atom. The zero-order valence-electron chi connectivity index (χ0n) is 18.6. The highest BCUT2D eigenvalue weighted by molar-refractivity contribution is 5.79. The summed E-state index contributed by atoms with van der Waals surface area (Å²) in [4.78, 5) is 14.9. The second-order valence-corrected chi connectivity index (χ2v) is 8.81. The number of carbonyl (C=O) groups excluding carboxylic acids is 1. The molecular weight excluding hydrogens is 407 g/mol. The minimum Gasteiger partial charge on any atom is -0.492 e. The maximum atomic E-state index is 12.9. The number of halogens is 1. The third kappa shape index (κ3) is 5.67. The largest absolute Gasteiger partial charge is 0.492 e. The lowest BCUT2D eigenvalue weighted by Crippen LogP contribution is -2.48. The van der Waals surface area contributed by atoms with Gasteiger partial charge in [-0.1, -0.05) is 30.3 Å². The maximum absolute atomic E-state index is 12.9. The van der Waals surface area contributed by atoms with Crippen molar-refractivity contribution < 1.29 is 18.7 Å². The van der Waals surface area contributed by atoms with Gasteiger partial charge in [0.25, 0.3) is 0 Å². The Morgan fingerprint density at radius 1 is 1.06 bits per heavy atom. The number of nitrogens with one attached hydrogen (secondary N) is 1. The van der Waals surface area contributed by atoms with Gasteiger partial charge >= 0.3 is 0 Å². The molecule has 0 bridgehead atoms. The van der Waals surface area contributed by atoms with Crippen LogP contribution < -0.4 is 10.1 Å². The van der Waals surface area contributed by atoms with Crippen molar-refractivity contribution >= 4 is 5.91 Å². The first-order valence-electron chi connectivity index (χ1n) is 11.7. The van der Waals surface area contributed by atoms with E-state index < -0.39 is 0 Å². The Morgan fingerprint density at radius 3 is 2.56 bits per heavy atom. The summed E-state index contributed by atoms with van der Waals surface area (Å²) in [5.41, 5.74) is 1.30. The van der Waals surface area contributed by atoms with Crippen molar-refractivity contribution in [3.63, 3.8) is 0 Å². The Kier molecular flexibility index (Phi) is 7.76. The number of nitrogens with zero attached hydrogens (tertiary/aromatic N) is 1. The predicted octanol–water partition coefficient (Wildman–Crippen LogP) is 3.92. The van der Waals surface area contributed by atoms with Crippen LogP contribution in [0.15, 0.2) is 54.6 Å². The van der Waals surface area contributed by atoms with Crippen molar-refractivity contribution in [1.82, 2.24) is 10.2 Å². The van der Waals surface area contributed by atoms with Crippen molar-refractivity contribution in [1.29, 1.82) is 0 Å². The number of likely N-dealkylation sites (tertiary alicyclic amines) is 1. The summed E-state index contributed by atoms with van der Waals surface area (Å²) >= 11 is 0. The molecule has 0 aromatic heterocycles. The van der Waals surface area contributed by atoms with Crippen LogP contribution in [-0.2, 0) is 14.9 Å². The molecule has 32 heavy (non-hydrogen) atoms. The molecule has 1 atom stereocenters. The van der Waals surface area contributed by atoms with Crippen LogP contribution in [0.4, 0.5) is 4.39 Å². The van der Waals surface area contributed by atoms with Gasteiger partial charge in [0.1, 0.15) is 18.2 Å². The van der Waals surface area contributed by atoms with Crippen molar-refractivity contribution in [2.75, 3.05) is 39.5 Å². The summed E-state index contributed by atoms with van der Waals surface area (Å²) in [7, 11) is 0. The van der Waals surface area contributed by atoms with E-state index in [0.29, 0.717) is 25.3 Å². The minimum absolute atomic E-state index is 0.0197. The molecule has 1 amide bonds. The van der Waals surface area contributed by atoms with Gasteiger partial charge in [0.15, 0.2) is 0 Å². The van der Waals surface area contributed by atoms with Gasteiger partial charge in [-0.2, -0.15) is 0 Å². The number of rotatable bonds is 10. The Hall–Kier alpha value is -2.44. The Bertz CT molecular complexity index is 853. The van der Waals surface area contributed by atoms with Crippen molar-refractivity contribution in [3.8, 4) is 5.75 Å². The number of hydrogen-bond acceptors (Lipinski definition) is 4. The van der Waals surface area contributed by atoms with Crippen LogP contribution in [0.1, 0.15) is 37.7 Å². The first-order chi connectivity index (χ1) is 15.7. The molecule has 2 aromatic carbocycles. The molecular formula is C26H33FN2O3. The lowest BCUT2D eigenvalue weighted by Gasteiger charge is -2.42. The van der Waals surface area contributed by atoms with Crippen molar-refractivity contribution in [2.24, 2.45) is 0 Å². The molecule has 4 rings (SSSR count). The van der Waals surface area contributed by atoms with Gasteiger partial charge < -0.3 is 19.7 Å². The molecule has 5 nitrogen and oxygen atoms in total. The third-order valence-corrected chi connectivity index (χ3v) is 6.78. The Labute approximate surface area is 189 Å². The van der Waals surface area contributed by atoms with Gasteiger partial charge in [-0.15, -0.1) is 0 Å². The quantitative estimate of drug-likeness (QED) is 0.569. The van der Waals surface area contributed by atoms with E-state index in [0.717, 1.165) is 52.0 Å². The van der Waals surface area contributed by atoms with Crippen LogP contribution in [0.3, 0.4) is 0 Å². The van der Waals surface area contributed by atoms with E-state index in [9.17, 15) is 9.18 Å². The first-order valence-corrected chi connectivity index (χ1v) is 11.7. The van der Waals surface area contributed by atoms with Gasteiger partial charge in [0.2, 0.25) is 5.91 Å². The number of ether oxygens (including phenoxy) is 2. The lowest BCUT2D eigenvalue weighted by molar-refractivity contribution is -0.130. The zero-order chi connectivity index (χ0) is 22.2. The number of carbonyl (C=O) groups is 1. The lowest BCUT2D eigenvalue weighted by atomic mass is 9.73. The van der Waals surface area contributed by atoms with Crippen LogP contribution >= 0.6 is 0 Å². The summed E-state index contributed by atoms with van der Waals surface area (Å²) < 4.78 is 24.2. The van der Waals surface area contributed by atoms with Crippen LogP contribution in [0.5, 0.6) is 5.75 Å². The van der Waals surface area contributed by atoms with E-state index in [-0.39, 0.29) is 23.2 Å². The van der Waals surface area contributed by atoms with Gasteiger partial charge in [-0.25, -0.2) is 4.39 Å². The average Bonchev–Trinajstić information content (AvgIpc) is 3.17. The van der Waals surface area contributed by atoms with E-state index in [1.165, 1.54) is 17.7 Å². The van der Waals surface area contributed by atoms with Crippen LogP contribution in [-0.4, -0.2) is 56.3 Å². The maximum Gasteiger partial charge on any atom is 0.222 e. The van der Waals surface area contributed by atoms with Gasteiger partial charge in [0, 0.05) is 44.2 Å². The van der Waals surface area contributed by atoms with Gasteiger partial charge in [-0.3, -0.25) is 4.79 Å². The molecule has 172 valence electrons. The topological polar surface area (TPSA) is 50.8 Å². The molecule has 0 aliphatic carbocycles. The monoisotopic (exact) mass is 440 g/mol.